The molecule has 2 amide bonds. The van der Waals surface area contributed by atoms with Crippen molar-refractivity contribution in [1.82, 2.24) is 10.2 Å². The maximum Gasteiger partial charge on any atom is 0.242 e. The predicted molar refractivity (Wildman–Crippen MR) is 153 cm³/mol. The zero-order chi connectivity index (χ0) is 28.3. The molecule has 0 spiro atoms. The minimum atomic E-state index is -3.58. The molecule has 11 heteroatoms. The van der Waals surface area contributed by atoms with Crippen molar-refractivity contribution >= 4 is 50.7 Å². The summed E-state index contributed by atoms with van der Waals surface area (Å²) in [5.41, 5.74) is 1.22. The van der Waals surface area contributed by atoms with Gasteiger partial charge in [-0.15, -0.1) is 0 Å². The van der Waals surface area contributed by atoms with E-state index < -0.39 is 16.1 Å². The Labute approximate surface area is 236 Å². The molecule has 0 aliphatic heterocycles. The number of amides is 2. The normalized spacial score (nSPS) is 12.1. The fourth-order valence-corrected chi connectivity index (χ4v) is 5.12. The smallest absolute Gasteiger partial charge is 0.242 e. The van der Waals surface area contributed by atoms with Gasteiger partial charge in [-0.05, 0) is 68.7 Å². The Balaban J connectivity index is 2.16. The molecular weight excluding hydrogens is 549 g/mol. The van der Waals surface area contributed by atoms with Gasteiger partial charge in [0.1, 0.15) is 11.8 Å². The van der Waals surface area contributed by atoms with Crippen LogP contribution >= 0.6 is 23.2 Å². The van der Waals surface area contributed by atoms with Crippen molar-refractivity contribution < 1.29 is 22.7 Å². The summed E-state index contributed by atoms with van der Waals surface area (Å²) >= 11 is 12.2. The van der Waals surface area contributed by atoms with Crippen molar-refractivity contribution in [2.24, 2.45) is 0 Å². The van der Waals surface area contributed by atoms with Crippen LogP contribution in [0.15, 0.2) is 42.5 Å². The lowest BCUT2D eigenvalue weighted by Crippen LogP contribution is -2.48. The number of unbranched alkanes of at least 4 members (excludes halogenated alkanes) is 1. The first kappa shape index (κ1) is 31.7. The van der Waals surface area contributed by atoms with E-state index in [2.05, 4.69) is 5.32 Å². The number of benzene rings is 2. The quantitative estimate of drug-likeness (QED) is 0.287. The maximum absolute atomic E-state index is 13.4. The van der Waals surface area contributed by atoms with E-state index in [1.165, 1.54) is 9.21 Å². The van der Waals surface area contributed by atoms with Crippen LogP contribution in [0.4, 0.5) is 5.69 Å². The standard InChI is InChI=1S/C27H37Cl2N3O5S/c1-5-7-16-30-27(34)20(3)31(19-21-10-15-24(28)25(29)18-21)26(33)9-8-17-32(38(4,35)36)22-11-13-23(14-12-22)37-6-2/h10-15,18,20H,5-9,16-17,19H2,1-4H3,(H,30,34)/t20-/m0/s1. The molecule has 1 N–H and O–H groups in total. The van der Waals surface area contributed by atoms with Crippen molar-refractivity contribution in [3.63, 3.8) is 0 Å². The van der Waals surface area contributed by atoms with Gasteiger partial charge in [0, 0.05) is 26.1 Å². The van der Waals surface area contributed by atoms with Crippen LogP contribution in [0.5, 0.6) is 5.75 Å². The fourth-order valence-electron chi connectivity index (χ4n) is 3.83. The van der Waals surface area contributed by atoms with Crippen molar-refractivity contribution in [1.29, 1.82) is 0 Å². The molecule has 0 aromatic heterocycles. The van der Waals surface area contributed by atoms with Crippen LogP contribution < -0.4 is 14.4 Å². The van der Waals surface area contributed by atoms with Crippen LogP contribution in [0.2, 0.25) is 10.0 Å². The number of carbonyl (C=O) groups is 2. The van der Waals surface area contributed by atoms with Gasteiger partial charge in [-0.3, -0.25) is 13.9 Å². The molecule has 2 aromatic carbocycles. The van der Waals surface area contributed by atoms with Gasteiger partial charge in [0.05, 0.1) is 28.6 Å². The van der Waals surface area contributed by atoms with Crippen LogP contribution in [0, 0.1) is 0 Å². The Kier molecular flexibility index (Phi) is 12.7. The maximum atomic E-state index is 13.4. The largest absolute Gasteiger partial charge is 0.494 e. The molecule has 0 heterocycles. The van der Waals surface area contributed by atoms with E-state index in [0.29, 0.717) is 34.6 Å². The number of nitrogens with one attached hydrogen (secondary N) is 1. The summed E-state index contributed by atoms with van der Waals surface area (Å²) in [6, 6.07) is 11.1. The first-order valence-corrected chi connectivity index (χ1v) is 15.3. The second-order valence-corrected chi connectivity index (χ2v) is 11.7. The summed E-state index contributed by atoms with van der Waals surface area (Å²) in [5, 5.41) is 3.63. The van der Waals surface area contributed by atoms with Crippen molar-refractivity contribution in [3.8, 4) is 5.75 Å². The molecule has 0 unspecified atom stereocenters. The van der Waals surface area contributed by atoms with E-state index in [4.69, 9.17) is 27.9 Å². The van der Waals surface area contributed by atoms with Crippen LogP contribution in [-0.4, -0.2) is 57.1 Å². The van der Waals surface area contributed by atoms with E-state index in [1.807, 2.05) is 13.8 Å². The molecule has 0 saturated carbocycles. The van der Waals surface area contributed by atoms with Crippen molar-refractivity contribution in [2.45, 2.75) is 59.0 Å². The summed E-state index contributed by atoms with van der Waals surface area (Å²) in [5.74, 6) is 0.123. The summed E-state index contributed by atoms with van der Waals surface area (Å²) in [6.07, 6.45) is 3.22. The first-order valence-electron chi connectivity index (χ1n) is 12.7. The number of nitrogens with zero attached hydrogens (tertiary/aromatic N) is 2. The summed E-state index contributed by atoms with van der Waals surface area (Å²) in [6.45, 7) is 6.88. The van der Waals surface area contributed by atoms with E-state index in [0.717, 1.165) is 24.7 Å². The van der Waals surface area contributed by atoms with Gasteiger partial charge >= 0.3 is 0 Å². The number of hydrogen-bond donors (Lipinski definition) is 1. The number of ether oxygens (including phenoxy) is 1. The Hall–Kier alpha value is -2.49. The number of halogens is 2. The fraction of sp³-hybridized carbons (Fsp3) is 0.481. The average Bonchev–Trinajstić information content (AvgIpc) is 2.87. The van der Waals surface area contributed by atoms with E-state index in [1.54, 1.807) is 49.4 Å². The van der Waals surface area contributed by atoms with Gasteiger partial charge in [0.15, 0.2) is 0 Å². The molecule has 210 valence electrons. The second-order valence-electron chi connectivity index (χ2n) is 8.96. The van der Waals surface area contributed by atoms with Crippen LogP contribution in [0.3, 0.4) is 0 Å². The van der Waals surface area contributed by atoms with Crippen molar-refractivity contribution in [3.05, 3.63) is 58.1 Å². The molecule has 0 aliphatic rings. The highest BCUT2D eigenvalue weighted by Crippen LogP contribution is 2.25. The van der Waals surface area contributed by atoms with Gasteiger partial charge in [-0.25, -0.2) is 8.42 Å². The second kappa shape index (κ2) is 15.2. The molecule has 0 aliphatic carbocycles. The van der Waals surface area contributed by atoms with Gasteiger partial charge in [-0.1, -0.05) is 42.6 Å². The lowest BCUT2D eigenvalue weighted by atomic mass is 10.1. The number of anilines is 1. The van der Waals surface area contributed by atoms with E-state index >= 15 is 0 Å². The van der Waals surface area contributed by atoms with Crippen LogP contribution in [0.25, 0.3) is 0 Å². The van der Waals surface area contributed by atoms with Gasteiger partial charge in [0.2, 0.25) is 21.8 Å². The molecular formula is C27H37Cl2N3O5S. The molecule has 0 fully saturated rings. The number of hydrogen-bond acceptors (Lipinski definition) is 5. The lowest BCUT2D eigenvalue weighted by molar-refractivity contribution is -0.140. The molecule has 2 rings (SSSR count). The van der Waals surface area contributed by atoms with E-state index in [-0.39, 0.29) is 37.7 Å². The first-order chi connectivity index (χ1) is 18.0. The minimum absolute atomic E-state index is 0.0525. The zero-order valence-electron chi connectivity index (χ0n) is 22.4. The molecule has 0 radical (unpaired) electrons. The molecule has 8 nitrogen and oxygen atoms in total. The Morgan fingerprint density at radius 3 is 2.29 bits per heavy atom. The predicted octanol–water partition coefficient (Wildman–Crippen LogP) is 5.27. The highest BCUT2D eigenvalue weighted by molar-refractivity contribution is 7.92. The minimum Gasteiger partial charge on any atom is -0.494 e. The topological polar surface area (TPSA) is 96.0 Å². The third kappa shape index (κ3) is 9.67. The zero-order valence-corrected chi connectivity index (χ0v) is 24.7. The van der Waals surface area contributed by atoms with Gasteiger partial charge in [-0.2, -0.15) is 0 Å². The third-order valence-electron chi connectivity index (χ3n) is 5.92. The van der Waals surface area contributed by atoms with Crippen LogP contribution in [-0.2, 0) is 26.2 Å². The number of rotatable bonds is 15. The Morgan fingerprint density at radius 1 is 1.03 bits per heavy atom. The number of carbonyl (C=O) groups excluding carboxylic acids is 2. The molecule has 2 aromatic rings. The van der Waals surface area contributed by atoms with Crippen LogP contribution in [0.1, 0.15) is 52.0 Å². The average molecular weight is 587 g/mol. The molecule has 38 heavy (non-hydrogen) atoms. The van der Waals surface area contributed by atoms with E-state index in [9.17, 15) is 18.0 Å². The highest BCUT2D eigenvalue weighted by atomic mass is 35.5. The summed E-state index contributed by atoms with van der Waals surface area (Å²) in [7, 11) is -3.58. The molecule has 0 saturated heterocycles. The van der Waals surface area contributed by atoms with Gasteiger partial charge < -0.3 is 15.0 Å². The Bertz CT molecular complexity index is 1180. The molecule has 1 atom stereocenters. The SMILES string of the molecule is CCCCNC(=O)[C@H](C)N(Cc1ccc(Cl)c(Cl)c1)C(=O)CCCN(c1ccc(OCC)cc1)S(C)(=O)=O. The summed E-state index contributed by atoms with van der Waals surface area (Å²) < 4.78 is 31.7. The molecule has 0 bridgehead atoms. The third-order valence-corrected chi connectivity index (χ3v) is 7.85. The lowest BCUT2D eigenvalue weighted by Gasteiger charge is -2.29. The number of sulfonamides is 1. The Morgan fingerprint density at radius 2 is 1.71 bits per heavy atom. The van der Waals surface area contributed by atoms with Gasteiger partial charge in [0.25, 0.3) is 0 Å². The summed E-state index contributed by atoms with van der Waals surface area (Å²) in [4.78, 5) is 27.6. The van der Waals surface area contributed by atoms with Crippen molar-refractivity contribution in [2.75, 3.05) is 30.3 Å². The highest BCUT2D eigenvalue weighted by Gasteiger charge is 2.26. The monoisotopic (exact) mass is 585 g/mol.